The molecule has 1 N–H and O–H groups in total. The lowest BCUT2D eigenvalue weighted by Gasteiger charge is -2.34. The van der Waals surface area contributed by atoms with E-state index >= 15 is 0 Å². The van der Waals surface area contributed by atoms with Crippen LogP contribution in [0.4, 0.5) is 5.69 Å². The second-order valence-electron chi connectivity index (χ2n) is 10.8. The minimum Gasteiger partial charge on any atom is -0.495 e. The van der Waals surface area contributed by atoms with Crippen molar-refractivity contribution in [3.05, 3.63) is 94.5 Å². The van der Waals surface area contributed by atoms with Gasteiger partial charge < -0.3 is 15.0 Å². The number of methoxy groups -OCH3 is 1. The molecule has 0 aromatic heterocycles. The van der Waals surface area contributed by atoms with E-state index in [9.17, 15) is 18.0 Å². The highest BCUT2D eigenvalue weighted by Gasteiger charge is 2.34. The molecule has 1 aliphatic rings. The zero-order chi connectivity index (χ0) is 30.3. The van der Waals surface area contributed by atoms with E-state index in [0.717, 1.165) is 52.9 Å². The molecule has 0 spiro atoms. The first kappa shape index (κ1) is 31.4. The van der Waals surface area contributed by atoms with E-state index < -0.39 is 28.5 Å². The minimum absolute atomic E-state index is 0.0565. The van der Waals surface area contributed by atoms with Crippen LogP contribution in [0.2, 0.25) is 5.02 Å². The molecule has 0 radical (unpaired) electrons. The quantitative estimate of drug-likeness (QED) is 0.307. The van der Waals surface area contributed by atoms with Gasteiger partial charge in [0.2, 0.25) is 21.8 Å². The van der Waals surface area contributed by atoms with Gasteiger partial charge in [0.15, 0.2) is 0 Å². The standard InChI is InChI=1S/C32H38ClN3O5S/c1-23-13-15-25(16-14-23)21-35(29(19-24-9-5-4-6-10-24)32(38)34-26-11-7-8-12-26)31(37)22-36(42(3,39)40)27-17-18-30(41-2)28(33)20-27/h4-6,9-10,13-18,20,26,29H,7-8,11-12,19,21-22H2,1-3H3,(H,34,38). The lowest BCUT2D eigenvalue weighted by molar-refractivity contribution is -0.140. The van der Waals surface area contributed by atoms with E-state index in [0.29, 0.717) is 5.75 Å². The number of sulfonamides is 1. The Labute approximate surface area is 253 Å². The number of benzene rings is 3. The molecule has 4 rings (SSSR count). The third-order valence-corrected chi connectivity index (χ3v) is 8.98. The zero-order valence-corrected chi connectivity index (χ0v) is 25.8. The Morgan fingerprint density at radius 2 is 1.67 bits per heavy atom. The highest BCUT2D eigenvalue weighted by molar-refractivity contribution is 7.92. The average molecular weight is 612 g/mol. The second kappa shape index (κ2) is 14.1. The third kappa shape index (κ3) is 8.26. The van der Waals surface area contributed by atoms with Crippen LogP contribution in [0.25, 0.3) is 0 Å². The highest BCUT2D eigenvalue weighted by Crippen LogP contribution is 2.30. The number of amides is 2. The van der Waals surface area contributed by atoms with Crippen LogP contribution in [0, 0.1) is 6.92 Å². The number of aryl methyl sites for hydroxylation is 1. The number of carbonyl (C=O) groups is 2. The number of ether oxygens (including phenoxy) is 1. The van der Waals surface area contributed by atoms with E-state index in [1.807, 2.05) is 61.5 Å². The molecule has 3 aromatic rings. The fourth-order valence-corrected chi connectivity index (χ4v) is 6.33. The molecule has 0 aliphatic heterocycles. The molecule has 2 amide bonds. The molecule has 0 saturated heterocycles. The first-order valence-corrected chi connectivity index (χ1v) is 16.3. The van der Waals surface area contributed by atoms with Gasteiger partial charge in [-0.1, -0.05) is 84.6 Å². The highest BCUT2D eigenvalue weighted by atomic mass is 35.5. The Morgan fingerprint density at radius 1 is 1.00 bits per heavy atom. The number of hydrogen-bond donors (Lipinski definition) is 1. The van der Waals surface area contributed by atoms with Crippen LogP contribution in [0.15, 0.2) is 72.8 Å². The molecule has 1 unspecified atom stereocenters. The first-order valence-electron chi connectivity index (χ1n) is 14.1. The molecule has 1 saturated carbocycles. The maximum atomic E-state index is 14.2. The van der Waals surface area contributed by atoms with Gasteiger partial charge in [-0.2, -0.15) is 0 Å². The van der Waals surface area contributed by atoms with Crippen molar-refractivity contribution in [1.29, 1.82) is 0 Å². The van der Waals surface area contributed by atoms with Crippen molar-refractivity contribution < 1.29 is 22.7 Å². The third-order valence-electron chi connectivity index (χ3n) is 7.55. The molecule has 1 aliphatic carbocycles. The SMILES string of the molecule is COc1ccc(N(CC(=O)N(Cc2ccc(C)cc2)C(Cc2ccccc2)C(=O)NC2CCCC2)S(C)(=O)=O)cc1Cl. The summed E-state index contributed by atoms with van der Waals surface area (Å²) >= 11 is 6.31. The van der Waals surface area contributed by atoms with Gasteiger partial charge in [-0.25, -0.2) is 8.42 Å². The summed E-state index contributed by atoms with van der Waals surface area (Å²) in [5.41, 5.74) is 3.02. The van der Waals surface area contributed by atoms with Crippen LogP contribution in [0.3, 0.4) is 0 Å². The largest absolute Gasteiger partial charge is 0.495 e. The molecular formula is C32H38ClN3O5S. The van der Waals surface area contributed by atoms with Gasteiger partial charge in [-0.3, -0.25) is 13.9 Å². The second-order valence-corrected chi connectivity index (χ2v) is 13.1. The van der Waals surface area contributed by atoms with E-state index in [1.54, 1.807) is 6.07 Å². The van der Waals surface area contributed by atoms with Gasteiger partial charge in [0.1, 0.15) is 18.3 Å². The molecule has 224 valence electrons. The lowest BCUT2D eigenvalue weighted by atomic mass is 10.0. The predicted octanol–water partition coefficient (Wildman–Crippen LogP) is 5.12. The molecule has 0 heterocycles. The van der Waals surface area contributed by atoms with Crippen LogP contribution in [0.1, 0.15) is 42.4 Å². The van der Waals surface area contributed by atoms with Crippen molar-refractivity contribution >= 4 is 39.1 Å². The number of carbonyl (C=O) groups excluding carboxylic acids is 2. The number of anilines is 1. The topological polar surface area (TPSA) is 96.0 Å². The van der Waals surface area contributed by atoms with E-state index in [1.165, 1.54) is 24.1 Å². The molecule has 1 fully saturated rings. The molecule has 3 aromatic carbocycles. The summed E-state index contributed by atoms with van der Waals surface area (Å²) < 4.78 is 32.2. The Bertz CT molecular complexity index is 1480. The van der Waals surface area contributed by atoms with E-state index in [2.05, 4.69) is 5.32 Å². The first-order chi connectivity index (χ1) is 20.0. The van der Waals surface area contributed by atoms with Crippen molar-refractivity contribution in [2.75, 3.05) is 24.2 Å². The summed E-state index contributed by atoms with van der Waals surface area (Å²) in [7, 11) is -2.44. The Morgan fingerprint density at radius 3 is 2.26 bits per heavy atom. The monoisotopic (exact) mass is 611 g/mol. The van der Waals surface area contributed by atoms with Crippen LogP contribution >= 0.6 is 11.6 Å². The average Bonchev–Trinajstić information content (AvgIpc) is 3.47. The van der Waals surface area contributed by atoms with Gasteiger partial charge in [0.05, 0.1) is 24.1 Å². The van der Waals surface area contributed by atoms with Crippen LogP contribution < -0.4 is 14.4 Å². The predicted molar refractivity (Wildman–Crippen MR) is 166 cm³/mol. The molecule has 8 nitrogen and oxygen atoms in total. The molecule has 42 heavy (non-hydrogen) atoms. The number of hydrogen-bond acceptors (Lipinski definition) is 5. The minimum atomic E-state index is -3.90. The summed E-state index contributed by atoms with van der Waals surface area (Å²) in [5.74, 6) is -0.368. The Hall–Kier alpha value is -3.56. The van der Waals surface area contributed by atoms with Gasteiger partial charge >= 0.3 is 0 Å². The van der Waals surface area contributed by atoms with Crippen molar-refractivity contribution in [1.82, 2.24) is 10.2 Å². The van der Waals surface area contributed by atoms with Gasteiger partial charge in [0.25, 0.3) is 0 Å². The Kier molecular flexibility index (Phi) is 10.5. The smallest absolute Gasteiger partial charge is 0.244 e. The summed E-state index contributed by atoms with van der Waals surface area (Å²) in [6, 6.07) is 21.0. The zero-order valence-electron chi connectivity index (χ0n) is 24.3. The van der Waals surface area contributed by atoms with Crippen LogP contribution in [0.5, 0.6) is 5.75 Å². The summed E-state index contributed by atoms with van der Waals surface area (Å²) in [5, 5.41) is 3.38. The number of nitrogens with zero attached hydrogens (tertiary/aromatic N) is 2. The van der Waals surface area contributed by atoms with Crippen LogP contribution in [-0.4, -0.2) is 57.1 Å². The summed E-state index contributed by atoms with van der Waals surface area (Å²) in [6.45, 7) is 1.61. The molecule has 10 heteroatoms. The van der Waals surface area contributed by atoms with Crippen molar-refractivity contribution in [3.63, 3.8) is 0 Å². The maximum absolute atomic E-state index is 14.2. The van der Waals surface area contributed by atoms with Crippen molar-refractivity contribution in [2.45, 2.75) is 57.7 Å². The molecule has 1 atom stereocenters. The van der Waals surface area contributed by atoms with Crippen LogP contribution in [-0.2, 0) is 32.6 Å². The van der Waals surface area contributed by atoms with Gasteiger partial charge in [-0.15, -0.1) is 0 Å². The Balaban J connectivity index is 1.72. The summed E-state index contributed by atoms with van der Waals surface area (Å²) in [6.07, 6.45) is 5.22. The fourth-order valence-electron chi connectivity index (χ4n) is 5.24. The normalized spacial score (nSPS) is 14.3. The number of halogens is 1. The maximum Gasteiger partial charge on any atom is 0.244 e. The fraction of sp³-hybridized carbons (Fsp3) is 0.375. The summed E-state index contributed by atoms with van der Waals surface area (Å²) in [4.78, 5) is 29.6. The van der Waals surface area contributed by atoms with E-state index in [-0.39, 0.29) is 35.6 Å². The molecule has 0 bridgehead atoms. The number of rotatable bonds is 12. The van der Waals surface area contributed by atoms with Crippen molar-refractivity contribution in [2.24, 2.45) is 0 Å². The van der Waals surface area contributed by atoms with Gasteiger partial charge in [0, 0.05) is 19.0 Å². The lowest BCUT2D eigenvalue weighted by Crippen LogP contribution is -2.54. The van der Waals surface area contributed by atoms with Crippen molar-refractivity contribution in [3.8, 4) is 5.75 Å². The van der Waals surface area contributed by atoms with E-state index in [4.69, 9.17) is 16.3 Å². The van der Waals surface area contributed by atoms with Gasteiger partial charge in [-0.05, 0) is 49.1 Å². The number of nitrogens with one attached hydrogen (secondary N) is 1. The molecular weight excluding hydrogens is 574 g/mol.